The second-order valence-corrected chi connectivity index (χ2v) is 8.55. The van der Waals surface area contributed by atoms with Crippen LogP contribution in [0.15, 0.2) is 76.6 Å². The Morgan fingerprint density at radius 2 is 1.55 bits per heavy atom. The van der Waals surface area contributed by atoms with E-state index in [1.165, 1.54) is 17.3 Å². The third-order valence-corrected chi connectivity index (χ3v) is 6.04. The number of benzene rings is 3. The van der Waals surface area contributed by atoms with Crippen LogP contribution in [0.5, 0.6) is 5.75 Å². The Bertz CT molecular complexity index is 1180. The van der Waals surface area contributed by atoms with Crippen LogP contribution in [0, 0.1) is 20.8 Å². The van der Waals surface area contributed by atoms with Gasteiger partial charge >= 0.3 is 0 Å². The molecule has 0 aliphatic carbocycles. The predicted octanol–water partition coefficient (Wildman–Crippen LogP) is 6.43. The Morgan fingerprint density at radius 1 is 0.903 bits per heavy atom. The highest BCUT2D eigenvalue weighted by Crippen LogP contribution is 2.37. The first-order valence-corrected chi connectivity index (χ1v) is 10.9. The Hall–Kier alpha value is -3.31. The summed E-state index contributed by atoms with van der Waals surface area (Å²) < 4.78 is 5.35. The number of nitrogens with zero attached hydrogens (tertiary/aromatic N) is 2. The van der Waals surface area contributed by atoms with Crippen molar-refractivity contribution in [2.45, 2.75) is 20.8 Å². The van der Waals surface area contributed by atoms with Crippen LogP contribution < -0.4 is 9.64 Å². The first-order valence-electron chi connectivity index (χ1n) is 10.1. The number of amidine groups is 1. The molecule has 0 N–H and O–H groups in total. The molecule has 3 aromatic rings. The number of hydrogen-bond donors (Lipinski definition) is 0. The highest BCUT2D eigenvalue weighted by Gasteiger charge is 2.34. The lowest BCUT2D eigenvalue weighted by atomic mass is 10.1. The maximum atomic E-state index is 13.4. The largest absolute Gasteiger partial charge is 0.496 e. The number of carbonyl (C=O) groups excluding carboxylic acids is 1. The fourth-order valence-corrected chi connectivity index (χ4v) is 4.34. The van der Waals surface area contributed by atoms with Gasteiger partial charge < -0.3 is 4.74 Å². The van der Waals surface area contributed by atoms with Gasteiger partial charge in [0.25, 0.3) is 5.91 Å². The summed E-state index contributed by atoms with van der Waals surface area (Å²) in [7, 11) is 1.66. The fourth-order valence-electron chi connectivity index (χ4n) is 3.34. The smallest absolute Gasteiger partial charge is 0.271 e. The molecule has 0 unspecified atom stereocenters. The summed E-state index contributed by atoms with van der Waals surface area (Å²) in [6.45, 7) is 6.07. The van der Waals surface area contributed by atoms with Crippen molar-refractivity contribution in [1.82, 2.24) is 0 Å². The van der Waals surface area contributed by atoms with Crippen molar-refractivity contribution >= 4 is 40.3 Å². The second kappa shape index (κ2) is 8.82. The molecule has 1 aliphatic rings. The van der Waals surface area contributed by atoms with Crippen molar-refractivity contribution in [2.24, 2.45) is 4.99 Å². The standard InChI is InChI=1S/C26H24N2O2S/c1-17-5-10-21(11-6-17)27-26-28(22-12-7-18(2)8-13-22)25(29)24(31-26)16-20-9-14-23(30-4)19(3)15-20/h5-16H,1-4H3/b24-16+,27-26?. The van der Waals surface area contributed by atoms with Gasteiger partial charge in [-0.3, -0.25) is 9.69 Å². The Balaban J connectivity index is 1.75. The van der Waals surface area contributed by atoms with E-state index in [1.54, 1.807) is 12.0 Å². The van der Waals surface area contributed by atoms with Crippen LogP contribution in [0.25, 0.3) is 6.08 Å². The summed E-state index contributed by atoms with van der Waals surface area (Å²) in [5.74, 6) is 0.753. The van der Waals surface area contributed by atoms with Gasteiger partial charge in [-0.2, -0.15) is 0 Å². The van der Waals surface area contributed by atoms with Gasteiger partial charge in [-0.25, -0.2) is 4.99 Å². The molecule has 1 fully saturated rings. The normalized spacial score (nSPS) is 16.4. The molecular weight excluding hydrogens is 404 g/mol. The third-order valence-electron chi connectivity index (χ3n) is 5.07. The number of hydrogen-bond acceptors (Lipinski definition) is 4. The SMILES string of the molecule is COc1ccc(/C=C2/SC(=Nc3ccc(C)cc3)N(c3ccc(C)cc3)C2=O)cc1C. The molecule has 0 spiro atoms. The molecule has 156 valence electrons. The molecule has 31 heavy (non-hydrogen) atoms. The number of methoxy groups -OCH3 is 1. The monoisotopic (exact) mass is 428 g/mol. The Morgan fingerprint density at radius 3 is 2.16 bits per heavy atom. The molecule has 0 atom stereocenters. The van der Waals surface area contributed by atoms with Gasteiger partial charge in [0, 0.05) is 0 Å². The number of anilines is 1. The predicted molar refractivity (Wildman–Crippen MR) is 130 cm³/mol. The van der Waals surface area contributed by atoms with E-state index < -0.39 is 0 Å². The summed E-state index contributed by atoms with van der Waals surface area (Å²) in [5, 5.41) is 0.647. The van der Waals surface area contributed by atoms with Gasteiger partial charge in [0.15, 0.2) is 5.17 Å². The zero-order chi connectivity index (χ0) is 22.0. The third kappa shape index (κ3) is 4.57. The summed E-state index contributed by atoms with van der Waals surface area (Å²) in [6.07, 6.45) is 1.91. The van der Waals surface area contributed by atoms with Crippen molar-refractivity contribution in [3.05, 3.63) is 93.9 Å². The molecule has 0 radical (unpaired) electrons. The van der Waals surface area contributed by atoms with E-state index in [0.717, 1.165) is 33.8 Å². The van der Waals surface area contributed by atoms with Gasteiger partial charge in [0.1, 0.15) is 5.75 Å². The molecule has 4 nitrogen and oxygen atoms in total. The lowest BCUT2D eigenvalue weighted by Gasteiger charge is -2.16. The summed E-state index contributed by atoms with van der Waals surface area (Å²) in [6, 6.07) is 21.8. The molecule has 3 aromatic carbocycles. The van der Waals surface area contributed by atoms with Crippen LogP contribution in [-0.2, 0) is 4.79 Å². The minimum absolute atomic E-state index is 0.0758. The maximum absolute atomic E-state index is 13.4. The average Bonchev–Trinajstić information content (AvgIpc) is 3.05. The topological polar surface area (TPSA) is 41.9 Å². The Kier molecular flexibility index (Phi) is 5.96. The number of carbonyl (C=O) groups is 1. The van der Waals surface area contributed by atoms with E-state index >= 15 is 0 Å². The zero-order valence-corrected chi connectivity index (χ0v) is 18.9. The molecule has 1 saturated heterocycles. The van der Waals surface area contributed by atoms with Crippen LogP contribution in [0.4, 0.5) is 11.4 Å². The molecule has 4 rings (SSSR count). The molecule has 1 heterocycles. The number of rotatable bonds is 4. The first kappa shape index (κ1) is 20.9. The van der Waals surface area contributed by atoms with Crippen LogP contribution in [0.2, 0.25) is 0 Å². The van der Waals surface area contributed by atoms with Gasteiger partial charge in [0.2, 0.25) is 0 Å². The summed E-state index contributed by atoms with van der Waals surface area (Å²) in [5.41, 5.74) is 5.92. The molecule has 0 aromatic heterocycles. The lowest BCUT2D eigenvalue weighted by Crippen LogP contribution is -2.28. The summed E-state index contributed by atoms with van der Waals surface area (Å²) in [4.78, 5) is 20.5. The number of amides is 1. The van der Waals surface area contributed by atoms with Crippen molar-refractivity contribution in [2.75, 3.05) is 12.0 Å². The zero-order valence-electron chi connectivity index (χ0n) is 18.0. The number of thioether (sulfide) groups is 1. The van der Waals surface area contributed by atoms with E-state index in [0.29, 0.717) is 10.1 Å². The highest BCUT2D eigenvalue weighted by atomic mass is 32.2. The van der Waals surface area contributed by atoms with Crippen molar-refractivity contribution < 1.29 is 9.53 Å². The number of aryl methyl sites for hydroxylation is 3. The van der Waals surface area contributed by atoms with Gasteiger partial charge in [0.05, 0.1) is 23.4 Å². The first-order chi connectivity index (χ1) is 14.9. The van der Waals surface area contributed by atoms with E-state index in [1.807, 2.05) is 93.6 Å². The van der Waals surface area contributed by atoms with E-state index in [9.17, 15) is 4.79 Å². The minimum Gasteiger partial charge on any atom is -0.496 e. The summed E-state index contributed by atoms with van der Waals surface area (Å²) >= 11 is 1.39. The number of ether oxygens (including phenoxy) is 1. The van der Waals surface area contributed by atoms with Crippen molar-refractivity contribution in [1.29, 1.82) is 0 Å². The molecule has 5 heteroatoms. The molecule has 0 saturated carbocycles. The van der Waals surface area contributed by atoms with Gasteiger partial charge in [-0.05, 0) is 86.1 Å². The van der Waals surface area contributed by atoms with Crippen molar-refractivity contribution in [3.8, 4) is 5.75 Å². The molecule has 1 amide bonds. The molecule has 1 aliphatic heterocycles. The van der Waals surface area contributed by atoms with E-state index in [4.69, 9.17) is 9.73 Å². The van der Waals surface area contributed by atoms with Gasteiger partial charge in [-0.1, -0.05) is 41.5 Å². The lowest BCUT2D eigenvalue weighted by molar-refractivity contribution is -0.113. The van der Waals surface area contributed by atoms with Crippen LogP contribution in [0.3, 0.4) is 0 Å². The second-order valence-electron chi connectivity index (χ2n) is 7.55. The average molecular weight is 429 g/mol. The number of aliphatic imine (C=N–C) groups is 1. The maximum Gasteiger partial charge on any atom is 0.271 e. The Labute approximate surface area is 187 Å². The quantitative estimate of drug-likeness (QED) is 0.450. The van der Waals surface area contributed by atoms with Crippen LogP contribution in [-0.4, -0.2) is 18.2 Å². The molecular formula is C26H24N2O2S. The fraction of sp³-hybridized carbons (Fsp3) is 0.154. The minimum atomic E-state index is -0.0758. The van der Waals surface area contributed by atoms with Crippen LogP contribution >= 0.6 is 11.8 Å². The van der Waals surface area contributed by atoms with Crippen LogP contribution in [0.1, 0.15) is 22.3 Å². The van der Waals surface area contributed by atoms with Gasteiger partial charge in [-0.15, -0.1) is 0 Å². The van der Waals surface area contributed by atoms with E-state index in [-0.39, 0.29) is 5.91 Å². The highest BCUT2D eigenvalue weighted by molar-refractivity contribution is 8.19. The van der Waals surface area contributed by atoms with Crippen molar-refractivity contribution in [3.63, 3.8) is 0 Å². The van der Waals surface area contributed by atoms with E-state index in [2.05, 4.69) is 0 Å². The molecule has 0 bridgehead atoms.